The zero-order valence-electron chi connectivity index (χ0n) is 20.0. The van der Waals surface area contributed by atoms with Gasteiger partial charge in [0.15, 0.2) is 0 Å². The molecule has 0 amide bonds. The Bertz CT molecular complexity index is 1190. The van der Waals surface area contributed by atoms with Gasteiger partial charge in [-0.15, -0.1) is 0 Å². The predicted octanol–water partition coefficient (Wildman–Crippen LogP) is 6.83. The highest BCUT2D eigenvalue weighted by atomic mass is 16.5. The second-order valence-electron chi connectivity index (χ2n) is 8.62. The molecular weight excluding hydrogens is 424 g/mol. The first-order valence-corrected chi connectivity index (χ1v) is 12.0. The highest BCUT2D eigenvalue weighted by Crippen LogP contribution is 2.26. The molecule has 5 heteroatoms. The minimum atomic E-state index is -0.118. The van der Waals surface area contributed by atoms with E-state index in [0.29, 0.717) is 6.42 Å². The van der Waals surface area contributed by atoms with Crippen LogP contribution in [0.3, 0.4) is 0 Å². The van der Waals surface area contributed by atoms with Gasteiger partial charge in [-0.1, -0.05) is 61.4 Å². The monoisotopic (exact) mass is 456 g/mol. The van der Waals surface area contributed by atoms with Gasteiger partial charge in [0, 0.05) is 36.0 Å². The second kappa shape index (κ2) is 11.5. The molecule has 0 spiro atoms. The average Bonchev–Trinajstić information content (AvgIpc) is 3.53. The first-order valence-electron chi connectivity index (χ1n) is 12.0. The molecule has 2 aromatic heterocycles. The smallest absolute Gasteiger partial charge is 0.305 e. The van der Waals surface area contributed by atoms with Crippen molar-refractivity contribution in [2.75, 3.05) is 7.11 Å². The number of benzene rings is 2. The van der Waals surface area contributed by atoms with Crippen LogP contribution in [0, 0.1) is 6.92 Å². The summed E-state index contributed by atoms with van der Waals surface area (Å²) in [5.74, 6) is 1.72. The molecule has 34 heavy (non-hydrogen) atoms. The number of hydrogen-bond donors (Lipinski definition) is 0. The number of unbranched alkanes of at least 4 members (excludes halogenated alkanes) is 3. The lowest BCUT2D eigenvalue weighted by Gasteiger charge is -2.14. The Hall–Kier alpha value is -3.60. The number of hydrogen-bond acceptors (Lipinski definition) is 4. The Labute approximate surface area is 201 Å². The Morgan fingerprint density at radius 1 is 0.912 bits per heavy atom. The van der Waals surface area contributed by atoms with E-state index in [1.165, 1.54) is 18.2 Å². The molecule has 4 rings (SSSR count). The number of imidazole rings is 1. The Morgan fingerprint density at radius 2 is 1.65 bits per heavy atom. The number of esters is 1. The van der Waals surface area contributed by atoms with Crippen LogP contribution in [0.1, 0.15) is 48.9 Å². The fraction of sp³-hybridized carbons (Fsp3) is 0.310. The zero-order valence-corrected chi connectivity index (χ0v) is 20.0. The topological polar surface area (TPSA) is 57.3 Å². The van der Waals surface area contributed by atoms with Crippen LogP contribution in [-0.2, 0) is 22.5 Å². The molecule has 176 valence electrons. The molecule has 0 radical (unpaired) electrons. The lowest BCUT2D eigenvalue weighted by Crippen LogP contribution is -2.07. The Morgan fingerprint density at radius 3 is 2.38 bits per heavy atom. The molecule has 5 nitrogen and oxygen atoms in total. The van der Waals surface area contributed by atoms with Crippen LogP contribution in [0.25, 0.3) is 22.7 Å². The van der Waals surface area contributed by atoms with Crippen molar-refractivity contribution in [1.82, 2.24) is 9.55 Å². The number of nitrogens with zero attached hydrogens (tertiary/aromatic N) is 2. The molecule has 0 saturated heterocycles. The molecule has 0 aliphatic heterocycles. The minimum Gasteiger partial charge on any atom is -0.469 e. The summed E-state index contributed by atoms with van der Waals surface area (Å²) in [6.45, 7) is 2.90. The second-order valence-corrected chi connectivity index (χ2v) is 8.62. The van der Waals surface area contributed by atoms with Gasteiger partial charge in [0.05, 0.1) is 13.4 Å². The molecule has 0 bridgehead atoms. The van der Waals surface area contributed by atoms with Gasteiger partial charge in [-0.25, -0.2) is 4.98 Å². The number of aromatic nitrogens is 2. The third kappa shape index (κ3) is 5.84. The molecule has 0 aliphatic rings. The van der Waals surface area contributed by atoms with E-state index in [1.807, 2.05) is 18.3 Å². The highest BCUT2D eigenvalue weighted by Gasteiger charge is 2.12. The van der Waals surface area contributed by atoms with Gasteiger partial charge in [0.1, 0.15) is 11.6 Å². The van der Waals surface area contributed by atoms with E-state index in [0.717, 1.165) is 67.1 Å². The SMILES string of the molecule is COC(=O)CCCCCCc1ccccc1Cn1c(C)cnc1-c1ccc(-c2ccco2)cc1. The van der Waals surface area contributed by atoms with Crippen molar-refractivity contribution >= 4 is 5.97 Å². The van der Waals surface area contributed by atoms with E-state index in [1.54, 1.807) is 6.26 Å². The fourth-order valence-corrected chi connectivity index (χ4v) is 4.28. The summed E-state index contributed by atoms with van der Waals surface area (Å²) in [5.41, 5.74) is 5.99. The number of aryl methyl sites for hydroxylation is 2. The van der Waals surface area contributed by atoms with Gasteiger partial charge < -0.3 is 13.7 Å². The van der Waals surface area contributed by atoms with Crippen molar-refractivity contribution in [2.24, 2.45) is 0 Å². The maximum absolute atomic E-state index is 11.3. The van der Waals surface area contributed by atoms with Gasteiger partial charge in [-0.05, 0) is 49.4 Å². The maximum atomic E-state index is 11.3. The van der Waals surface area contributed by atoms with Gasteiger partial charge in [-0.2, -0.15) is 0 Å². The third-order valence-corrected chi connectivity index (χ3v) is 6.26. The zero-order chi connectivity index (χ0) is 23.8. The van der Waals surface area contributed by atoms with Gasteiger partial charge in [0.25, 0.3) is 0 Å². The average molecular weight is 457 g/mol. The molecular formula is C29H32N2O3. The molecule has 0 unspecified atom stereocenters. The third-order valence-electron chi connectivity index (χ3n) is 6.26. The maximum Gasteiger partial charge on any atom is 0.305 e. The summed E-state index contributed by atoms with van der Waals surface area (Å²) in [6.07, 6.45) is 9.36. The van der Waals surface area contributed by atoms with Crippen molar-refractivity contribution in [3.05, 3.63) is 89.9 Å². The molecule has 2 heterocycles. The van der Waals surface area contributed by atoms with E-state index >= 15 is 0 Å². The van der Waals surface area contributed by atoms with Crippen LogP contribution < -0.4 is 0 Å². The van der Waals surface area contributed by atoms with Gasteiger partial charge in [-0.3, -0.25) is 4.79 Å². The van der Waals surface area contributed by atoms with Crippen LogP contribution in [0.2, 0.25) is 0 Å². The Kier molecular flexibility index (Phi) is 7.97. The van der Waals surface area contributed by atoms with E-state index in [4.69, 9.17) is 14.1 Å². The van der Waals surface area contributed by atoms with Gasteiger partial charge >= 0.3 is 5.97 Å². The van der Waals surface area contributed by atoms with E-state index in [2.05, 4.69) is 60.0 Å². The summed E-state index contributed by atoms with van der Waals surface area (Å²) in [7, 11) is 1.45. The van der Waals surface area contributed by atoms with Crippen molar-refractivity contribution in [3.63, 3.8) is 0 Å². The molecule has 2 aromatic carbocycles. The van der Waals surface area contributed by atoms with Crippen molar-refractivity contribution in [1.29, 1.82) is 0 Å². The van der Waals surface area contributed by atoms with Crippen LogP contribution in [0.4, 0.5) is 0 Å². The first kappa shape index (κ1) is 23.6. The summed E-state index contributed by atoms with van der Waals surface area (Å²) in [5, 5.41) is 0. The predicted molar refractivity (Wildman–Crippen MR) is 134 cm³/mol. The number of ether oxygens (including phenoxy) is 1. The summed E-state index contributed by atoms with van der Waals surface area (Å²) in [6, 6.07) is 20.9. The van der Waals surface area contributed by atoms with E-state index in [-0.39, 0.29) is 5.97 Å². The van der Waals surface area contributed by atoms with E-state index in [9.17, 15) is 4.79 Å². The highest BCUT2D eigenvalue weighted by molar-refractivity contribution is 5.69. The van der Waals surface area contributed by atoms with Crippen molar-refractivity contribution in [3.8, 4) is 22.7 Å². The summed E-state index contributed by atoms with van der Waals surface area (Å²) >= 11 is 0. The molecule has 4 aromatic rings. The van der Waals surface area contributed by atoms with Gasteiger partial charge in [0.2, 0.25) is 0 Å². The number of carbonyl (C=O) groups is 1. The van der Waals surface area contributed by atoms with Crippen molar-refractivity contribution in [2.45, 2.75) is 52.0 Å². The van der Waals surface area contributed by atoms with Crippen molar-refractivity contribution < 1.29 is 13.9 Å². The number of furan rings is 1. The number of rotatable bonds is 11. The van der Waals surface area contributed by atoms with Crippen LogP contribution in [0.5, 0.6) is 0 Å². The van der Waals surface area contributed by atoms with Crippen LogP contribution in [-0.4, -0.2) is 22.6 Å². The normalized spacial score (nSPS) is 11.0. The number of methoxy groups -OCH3 is 1. The van der Waals surface area contributed by atoms with Crippen LogP contribution in [0.15, 0.2) is 77.5 Å². The molecule has 0 N–H and O–H groups in total. The molecule has 0 aliphatic carbocycles. The summed E-state index contributed by atoms with van der Waals surface area (Å²) in [4.78, 5) is 16.0. The quantitative estimate of drug-likeness (QED) is 0.183. The summed E-state index contributed by atoms with van der Waals surface area (Å²) < 4.78 is 12.5. The lowest BCUT2D eigenvalue weighted by molar-refractivity contribution is -0.140. The fourth-order valence-electron chi connectivity index (χ4n) is 4.28. The number of carbonyl (C=O) groups excluding carboxylic acids is 1. The lowest BCUT2D eigenvalue weighted by atomic mass is 10.00. The van der Waals surface area contributed by atoms with E-state index < -0.39 is 0 Å². The first-order chi connectivity index (χ1) is 16.7. The molecule has 0 atom stereocenters. The molecule has 0 saturated carbocycles. The minimum absolute atomic E-state index is 0.118. The standard InChI is InChI=1S/C29H32N2O3/c1-22-20-30-29(25-17-15-24(16-18-25)27-13-9-19-34-27)31(22)21-26-12-8-7-11-23(26)10-5-3-4-6-14-28(32)33-2/h7-9,11-13,15-20H,3-6,10,14,21H2,1-2H3. The Balaban J connectivity index is 1.43. The largest absolute Gasteiger partial charge is 0.469 e. The van der Waals surface area contributed by atoms with Crippen LogP contribution >= 0.6 is 0 Å². The molecule has 0 fully saturated rings.